The number of nitrogens with zero attached hydrogens (tertiary/aromatic N) is 2. The van der Waals surface area contributed by atoms with E-state index in [4.69, 9.17) is 4.74 Å². The Kier molecular flexibility index (Phi) is 2.87. The largest absolute Gasteiger partial charge is 0.494 e. The van der Waals surface area contributed by atoms with Gasteiger partial charge in [0.15, 0.2) is 5.75 Å². The van der Waals surface area contributed by atoms with E-state index in [1.54, 1.807) is 19.5 Å². The molecule has 0 saturated heterocycles. The number of hydrogen-bond acceptors (Lipinski definition) is 4. The van der Waals surface area contributed by atoms with E-state index in [1.807, 2.05) is 0 Å². The number of aromatic nitrogens is 2. The average Bonchev–Trinajstić information content (AvgIpc) is 3.24. The highest BCUT2D eigenvalue weighted by atomic mass is 16.5. The Morgan fingerprint density at radius 3 is 2.29 bits per heavy atom. The number of methoxy groups -OCH3 is 1. The number of hydrogen-bond donors (Lipinski definition) is 1. The summed E-state index contributed by atoms with van der Waals surface area (Å²) < 4.78 is 5.04. The Morgan fingerprint density at radius 2 is 1.82 bits per heavy atom. The summed E-state index contributed by atoms with van der Waals surface area (Å²) in [4.78, 5) is 8.47. The van der Waals surface area contributed by atoms with Gasteiger partial charge in [0, 0.05) is 6.54 Å². The molecular formula is C13H19N3O. The van der Waals surface area contributed by atoms with E-state index in [-0.39, 0.29) is 0 Å². The zero-order valence-electron chi connectivity index (χ0n) is 10.2. The number of anilines is 1. The predicted molar refractivity (Wildman–Crippen MR) is 66.0 cm³/mol. The third-order valence-corrected chi connectivity index (χ3v) is 3.81. The third-order valence-electron chi connectivity index (χ3n) is 3.81. The number of rotatable bonds is 6. The first-order valence-electron chi connectivity index (χ1n) is 6.46. The van der Waals surface area contributed by atoms with Crippen molar-refractivity contribution in [3.05, 3.63) is 12.4 Å². The molecule has 2 fully saturated rings. The minimum atomic E-state index is 0.705. The topological polar surface area (TPSA) is 47.0 Å². The quantitative estimate of drug-likeness (QED) is 0.819. The van der Waals surface area contributed by atoms with Crippen LogP contribution in [0.5, 0.6) is 5.75 Å². The summed E-state index contributed by atoms with van der Waals surface area (Å²) in [5, 5.41) is 3.36. The zero-order chi connectivity index (χ0) is 11.7. The van der Waals surface area contributed by atoms with Crippen LogP contribution in [0.4, 0.5) is 5.95 Å². The lowest BCUT2D eigenvalue weighted by Gasteiger charge is -2.15. The van der Waals surface area contributed by atoms with Crippen LogP contribution < -0.4 is 10.1 Å². The lowest BCUT2D eigenvalue weighted by molar-refractivity contribution is 0.410. The molecule has 0 atom stereocenters. The third kappa shape index (κ3) is 2.68. The zero-order valence-corrected chi connectivity index (χ0v) is 10.2. The van der Waals surface area contributed by atoms with Gasteiger partial charge < -0.3 is 10.1 Å². The molecule has 0 unspecified atom stereocenters. The van der Waals surface area contributed by atoms with Crippen LogP contribution in [0.25, 0.3) is 0 Å². The summed E-state index contributed by atoms with van der Waals surface area (Å²) in [5.74, 6) is 4.20. The van der Waals surface area contributed by atoms with Gasteiger partial charge in [0.05, 0.1) is 19.5 Å². The molecule has 2 saturated carbocycles. The van der Waals surface area contributed by atoms with Crippen molar-refractivity contribution in [3.63, 3.8) is 0 Å². The first-order valence-corrected chi connectivity index (χ1v) is 6.46. The summed E-state index contributed by atoms with van der Waals surface area (Å²) in [5.41, 5.74) is 0. The summed E-state index contributed by atoms with van der Waals surface area (Å²) in [6.07, 6.45) is 9.11. The van der Waals surface area contributed by atoms with Gasteiger partial charge in [-0.3, -0.25) is 0 Å². The van der Waals surface area contributed by atoms with Gasteiger partial charge in [-0.25, -0.2) is 9.97 Å². The molecule has 0 bridgehead atoms. The maximum absolute atomic E-state index is 5.04. The second kappa shape index (κ2) is 4.51. The van der Waals surface area contributed by atoms with Crippen molar-refractivity contribution in [2.45, 2.75) is 25.7 Å². The van der Waals surface area contributed by atoms with Crippen molar-refractivity contribution in [2.75, 3.05) is 19.0 Å². The van der Waals surface area contributed by atoms with Crippen LogP contribution in [-0.2, 0) is 0 Å². The Bertz CT molecular complexity index is 359. The number of nitrogens with one attached hydrogen (secondary N) is 1. The minimum absolute atomic E-state index is 0.705. The maximum Gasteiger partial charge on any atom is 0.222 e. The normalized spacial score (nSPS) is 19.4. The van der Waals surface area contributed by atoms with Crippen LogP contribution in [-0.4, -0.2) is 23.6 Å². The van der Waals surface area contributed by atoms with Crippen molar-refractivity contribution in [3.8, 4) is 5.75 Å². The van der Waals surface area contributed by atoms with Crippen LogP contribution in [0.3, 0.4) is 0 Å². The molecule has 1 N–H and O–H groups in total. The summed E-state index contributed by atoms with van der Waals surface area (Å²) in [6.45, 7) is 1.03. The molecule has 4 nitrogen and oxygen atoms in total. The first kappa shape index (κ1) is 10.8. The van der Waals surface area contributed by atoms with E-state index < -0.39 is 0 Å². The van der Waals surface area contributed by atoms with Gasteiger partial charge in [-0.1, -0.05) is 0 Å². The van der Waals surface area contributed by atoms with Crippen molar-refractivity contribution >= 4 is 5.95 Å². The fourth-order valence-corrected chi connectivity index (χ4v) is 2.49. The highest BCUT2D eigenvalue weighted by Crippen LogP contribution is 2.49. The Labute approximate surface area is 102 Å². The van der Waals surface area contributed by atoms with Crippen molar-refractivity contribution in [1.29, 1.82) is 0 Å². The van der Waals surface area contributed by atoms with Gasteiger partial charge in [0.2, 0.25) is 5.95 Å². The molecule has 1 aromatic heterocycles. The van der Waals surface area contributed by atoms with Gasteiger partial charge in [0.1, 0.15) is 0 Å². The van der Waals surface area contributed by atoms with Gasteiger partial charge >= 0.3 is 0 Å². The standard InChI is InChI=1S/C13H19N3O/c1-17-11-6-14-13(15-7-11)16-8-12(9-2-3-9)10-4-5-10/h6-7,9-10,12H,2-5,8H2,1H3,(H,14,15,16). The van der Waals surface area contributed by atoms with E-state index in [0.717, 1.165) is 30.2 Å². The van der Waals surface area contributed by atoms with Crippen molar-refractivity contribution in [2.24, 2.45) is 17.8 Å². The molecule has 0 spiro atoms. The highest BCUT2D eigenvalue weighted by Gasteiger charge is 2.41. The SMILES string of the molecule is COc1cnc(NCC(C2CC2)C2CC2)nc1. The Balaban J connectivity index is 1.54. The Hall–Kier alpha value is -1.32. The van der Waals surface area contributed by atoms with Crippen molar-refractivity contribution < 1.29 is 4.74 Å². The second-order valence-corrected chi connectivity index (χ2v) is 5.17. The summed E-state index contributed by atoms with van der Waals surface area (Å²) in [6, 6.07) is 0. The van der Waals surface area contributed by atoms with E-state index in [1.165, 1.54) is 25.7 Å². The van der Waals surface area contributed by atoms with E-state index in [2.05, 4.69) is 15.3 Å². The first-order chi connectivity index (χ1) is 8.36. The molecule has 2 aliphatic rings. The molecule has 17 heavy (non-hydrogen) atoms. The predicted octanol–water partition coefficient (Wildman–Crippen LogP) is 2.33. The lowest BCUT2D eigenvalue weighted by Crippen LogP contribution is -2.19. The maximum atomic E-state index is 5.04. The molecule has 0 aromatic carbocycles. The van der Waals surface area contributed by atoms with Gasteiger partial charge in [-0.15, -0.1) is 0 Å². The van der Waals surface area contributed by atoms with E-state index in [0.29, 0.717) is 5.75 Å². The highest BCUT2D eigenvalue weighted by molar-refractivity contribution is 5.27. The number of ether oxygens (including phenoxy) is 1. The van der Waals surface area contributed by atoms with Gasteiger partial charge in [-0.2, -0.15) is 0 Å². The molecule has 0 aliphatic heterocycles. The smallest absolute Gasteiger partial charge is 0.222 e. The van der Waals surface area contributed by atoms with Crippen LogP contribution in [0, 0.1) is 17.8 Å². The molecule has 4 heteroatoms. The van der Waals surface area contributed by atoms with Gasteiger partial charge in [-0.05, 0) is 43.4 Å². The molecule has 3 rings (SSSR count). The molecule has 0 amide bonds. The average molecular weight is 233 g/mol. The fourth-order valence-electron chi connectivity index (χ4n) is 2.49. The van der Waals surface area contributed by atoms with E-state index in [9.17, 15) is 0 Å². The molecule has 2 aliphatic carbocycles. The van der Waals surface area contributed by atoms with Crippen molar-refractivity contribution in [1.82, 2.24) is 9.97 Å². The molecular weight excluding hydrogens is 214 g/mol. The fraction of sp³-hybridized carbons (Fsp3) is 0.692. The lowest BCUT2D eigenvalue weighted by atomic mass is 9.98. The summed E-state index contributed by atoms with van der Waals surface area (Å²) >= 11 is 0. The van der Waals surface area contributed by atoms with Crippen LogP contribution >= 0.6 is 0 Å². The second-order valence-electron chi connectivity index (χ2n) is 5.17. The monoisotopic (exact) mass is 233 g/mol. The van der Waals surface area contributed by atoms with Crippen LogP contribution in [0.1, 0.15) is 25.7 Å². The molecule has 1 aromatic rings. The molecule has 92 valence electrons. The van der Waals surface area contributed by atoms with Gasteiger partial charge in [0.25, 0.3) is 0 Å². The molecule has 1 heterocycles. The van der Waals surface area contributed by atoms with Crippen LogP contribution in [0.15, 0.2) is 12.4 Å². The Morgan fingerprint density at radius 1 is 1.24 bits per heavy atom. The molecule has 0 radical (unpaired) electrons. The minimum Gasteiger partial charge on any atom is -0.494 e. The van der Waals surface area contributed by atoms with E-state index >= 15 is 0 Å². The summed E-state index contributed by atoms with van der Waals surface area (Å²) in [7, 11) is 1.63. The van der Waals surface area contributed by atoms with Crippen LogP contribution in [0.2, 0.25) is 0 Å².